The monoisotopic (exact) mass is 436 g/mol. The Kier molecular flexibility index (Phi) is 5.56. The molecule has 0 atom stereocenters. The van der Waals surface area contributed by atoms with E-state index in [4.69, 9.17) is 4.98 Å². The molecule has 3 aromatic rings. The van der Waals surface area contributed by atoms with Gasteiger partial charge in [-0.3, -0.25) is 9.59 Å². The van der Waals surface area contributed by atoms with Crippen molar-refractivity contribution in [2.75, 3.05) is 11.4 Å². The van der Waals surface area contributed by atoms with Gasteiger partial charge in [-0.2, -0.15) is 0 Å². The molecule has 31 heavy (non-hydrogen) atoms. The van der Waals surface area contributed by atoms with Crippen LogP contribution < -0.4 is 10.2 Å². The first-order valence-electron chi connectivity index (χ1n) is 10.6. The van der Waals surface area contributed by atoms with E-state index in [9.17, 15) is 9.59 Å². The fourth-order valence-electron chi connectivity index (χ4n) is 3.87. The molecule has 0 bridgehead atoms. The fourth-order valence-corrected chi connectivity index (χ4v) is 5.02. The fraction of sp³-hybridized carbons (Fsp3) is 0.417. The van der Waals surface area contributed by atoms with Crippen LogP contribution in [0, 0.1) is 13.8 Å². The molecule has 0 radical (unpaired) electrons. The van der Waals surface area contributed by atoms with Crippen molar-refractivity contribution in [3.8, 4) is 0 Å². The zero-order valence-electron chi connectivity index (χ0n) is 18.7. The number of hydrogen-bond donors (Lipinski definition) is 1. The van der Waals surface area contributed by atoms with Gasteiger partial charge in [-0.15, -0.1) is 11.3 Å². The third-order valence-corrected chi connectivity index (χ3v) is 6.81. The smallest absolute Gasteiger partial charge is 0.261 e. The molecule has 1 saturated heterocycles. The molecule has 0 aliphatic carbocycles. The van der Waals surface area contributed by atoms with Gasteiger partial charge in [-0.1, -0.05) is 32.9 Å². The highest BCUT2D eigenvalue weighted by molar-refractivity contribution is 7.20. The third-order valence-electron chi connectivity index (χ3n) is 5.62. The van der Waals surface area contributed by atoms with Crippen molar-refractivity contribution in [3.63, 3.8) is 0 Å². The molecule has 1 aromatic carbocycles. The van der Waals surface area contributed by atoms with Gasteiger partial charge in [0.05, 0.1) is 10.6 Å². The molecule has 3 heterocycles. The average Bonchev–Trinajstić information content (AvgIpc) is 3.29. The largest absolute Gasteiger partial charge is 0.347 e. The first-order valence-corrected chi connectivity index (χ1v) is 11.4. The number of nitrogens with zero attached hydrogens (tertiary/aromatic N) is 3. The minimum Gasteiger partial charge on any atom is -0.347 e. The highest BCUT2D eigenvalue weighted by atomic mass is 32.1. The van der Waals surface area contributed by atoms with Crippen LogP contribution >= 0.6 is 11.3 Å². The Labute approximate surface area is 186 Å². The topological polar surface area (TPSA) is 75.2 Å². The SMILES string of the molecule is Cc1nc(C(C)(C)C)nc2sc(C(=O)NCc3ccc(N4CCCC4=O)cc3)c(C)c12. The zero-order valence-corrected chi connectivity index (χ0v) is 19.5. The average molecular weight is 437 g/mol. The number of aryl methyl sites for hydroxylation is 2. The van der Waals surface area contributed by atoms with E-state index in [0.29, 0.717) is 17.8 Å². The number of amides is 2. The van der Waals surface area contributed by atoms with Crippen molar-refractivity contribution in [2.45, 2.75) is 59.4 Å². The van der Waals surface area contributed by atoms with Crippen LogP contribution in [0.25, 0.3) is 10.2 Å². The summed E-state index contributed by atoms with van der Waals surface area (Å²) in [5.41, 5.74) is 3.61. The van der Waals surface area contributed by atoms with Crippen LogP contribution in [-0.4, -0.2) is 28.3 Å². The first kappa shape index (κ1) is 21.4. The lowest BCUT2D eigenvalue weighted by atomic mass is 9.95. The van der Waals surface area contributed by atoms with E-state index in [0.717, 1.165) is 51.5 Å². The molecule has 162 valence electrons. The molecule has 4 rings (SSSR count). The second-order valence-electron chi connectivity index (χ2n) is 9.12. The predicted molar refractivity (Wildman–Crippen MR) is 125 cm³/mol. The van der Waals surface area contributed by atoms with Gasteiger partial charge >= 0.3 is 0 Å². The van der Waals surface area contributed by atoms with Crippen molar-refractivity contribution in [3.05, 3.63) is 51.8 Å². The summed E-state index contributed by atoms with van der Waals surface area (Å²) in [4.78, 5) is 37.6. The van der Waals surface area contributed by atoms with E-state index in [2.05, 4.69) is 31.1 Å². The van der Waals surface area contributed by atoms with Crippen LogP contribution in [0.2, 0.25) is 0 Å². The zero-order chi connectivity index (χ0) is 22.3. The Hall–Kier alpha value is -2.80. The van der Waals surface area contributed by atoms with Crippen molar-refractivity contribution in [2.24, 2.45) is 0 Å². The first-order chi connectivity index (χ1) is 14.6. The number of thiophene rings is 1. The second-order valence-corrected chi connectivity index (χ2v) is 10.1. The number of rotatable bonds is 4. The lowest BCUT2D eigenvalue weighted by Gasteiger charge is -2.16. The van der Waals surface area contributed by atoms with Crippen LogP contribution in [-0.2, 0) is 16.8 Å². The molecular weight excluding hydrogens is 408 g/mol. The molecule has 0 spiro atoms. The van der Waals surface area contributed by atoms with E-state index in [1.807, 2.05) is 43.0 Å². The Morgan fingerprint density at radius 1 is 1.16 bits per heavy atom. The molecule has 2 aromatic heterocycles. The van der Waals surface area contributed by atoms with Gasteiger partial charge in [0, 0.05) is 36.0 Å². The minimum absolute atomic E-state index is 0.101. The van der Waals surface area contributed by atoms with E-state index >= 15 is 0 Å². The summed E-state index contributed by atoms with van der Waals surface area (Å²) < 4.78 is 0. The van der Waals surface area contributed by atoms with E-state index in [1.54, 1.807) is 0 Å². The van der Waals surface area contributed by atoms with Gasteiger partial charge in [0.25, 0.3) is 5.91 Å². The van der Waals surface area contributed by atoms with E-state index < -0.39 is 0 Å². The van der Waals surface area contributed by atoms with Gasteiger partial charge in [0.2, 0.25) is 5.91 Å². The maximum atomic E-state index is 12.9. The van der Waals surface area contributed by atoms with Crippen LogP contribution in [0.4, 0.5) is 5.69 Å². The lowest BCUT2D eigenvalue weighted by Crippen LogP contribution is -2.24. The third kappa shape index (κ3) is 4.19. The van der Waals surface area contributed by atoms with Gasteiger partial charge < -0.3 is 10.2 Å². The van der Waals surface area contributed by atoms with Crippen LogP contribution in [0.5, 0.6) is 0 Å². The second kappa shape index (κ2) is 8.04. The maximum absolute atomic E-state index is 12.9. The molecule has 1 aliphatic rings. The predicted octanol–water partition coefficient (Wildman–Crippen LogP) is 4.66. The lowest BCUT2D eigenvalue weighted by molar-refractivity contribution is -0.117. The van der Waals surface area contributed by atoms with Crippen LogP contribution in [0.3, 0.4) is 0 Å². The van der Waals surface area contributed by atoms with Crippen molar-refractivity contribution in [1.82, 2.24) is 15.3 Å². The summed E-state index contributed by atoms with van der Waals surface area (Å²) in [6, 6.07) is 7.82. The van der Waals surface area contributed by atoms with Crippen molar-refractivity contribution in [1.29, 1.82) is 0 Å². The van der Waals surface area contributed by atoms with Crippen LogP contribution in [0.15, 0.2) is 24.3 Å². The number of aromatic nitrogens is 2. The highest BCUT2D eigenvalue weighted by Gasteiger charge is 2.24. The minimum atomic E-state index is -0.148. The Balaban J connectivity index is 1.50. The van der Waals surface area contributed by atoms with Gasteiger partial charge in [-0.25, -0.2) is 9.97 Å². The molecule has 0 saturated carbocycles. The molecule has 1 fully saturated rings. The highest BCUT2D eigenvalue weighted by Crippen LogP contribution is 2.33. The summed E-state index contributed by atoms with van der Waals surface area (Å²) >= 11 is 1.42. The summed E-state index contributed by atoms with van der Waals surface area (Å²) in [6.07, 6.45) is 1.53. The number of benzene rings is 1. The molecule has 6 nitrogen and oxygen atoms in total. The van der Waals surface area contributed by atoms with E-state index in [1.165, 1.54) is 11.3 Å². The number of carbonyl (C=O) groups is 2. The quantitative estimate of drug-likeness (QED) is 0.645. The van der Waals surface area contributed by atoms with Gasteiger partial charge in [0.15, 0.2) is 0 Å². The van der Waals surface area contributed by atoms with Crippen molar-refractivity contribution < 1.29 is 9.59 Å². The van der Waals surface area contributed by atoms with Crippen molar-refractivity contribution >= 4 is 39.1 Å². The molecule has 1 N–H and O–H groups in total. The molecule has 7 heteroatoms. The Morgan fingerprint density at radius 2 is 1.87 bits per heavy atom. The number of carbonyl (C=O) groups excluding carboxylic acids is 2. The summed E-state index contributed by atoms with van der Waals surface area (Å²) in [7, 11) is 0. The van der Waals surface area contributed by atoms with Crippen LogP contribution in [0.1, 0.15) is 65.9 Å². The Morgan fingerprint density at radius 3 is 2.48 bits per heavy atom. The normalized spacial score (nSPS) is 14.5. The standard InChI is InChI=1S/C24H28N4O2S/c1-14-19-15(2)26-23(24(3,4)5)27-22(19)31-20(14)21(30)25-13-16-8-10-17(11-9-16)28-12-6-7-18(28)29/h8-11H,6-7,12-13H2,1-5H3,(H,25,30). The molecule has 0 unspecified atom stereocenters. The Bertz CT molecular complexity index is 1160. The molecule has 2 amide bonds. The number of nitrogens with one attached hydrogen (secondary N) is 1. The molecule has 1 aliphatic heterocycles. The van der Waals surface area contributed by atoms with E-state index in [-0.39, 0.29) is 17.2 Å². The summed E-state index contributed by atoms with van der Waals surface area (Å²) in [5.74, 6) is 0.868. The number of hydrogen-bond acceptors (Lipinski definition) is 5. The van der Waals surface area contributed by atoms with Gasteiger partial charge in [-0.05, 0) is 43.5 Å². The van der Waals surface area contributed by atoms with Gasteiger partial charge in [0.1, 0.15) is 10.7 Å². The number of anilines is 1. The summed E-state index contributed by atoms with van der Waals surface area (Å²) in [5, 5.41) is 4.00. The number of fused-ring (bicyclic) bond motifs is 1. The summed E-state index contributed by atoms with van der Waals surface area (Å²) in [6.45, 7) is 11.4. The molecular formula is C24H28N4O2S. The maximum Gasteiger partial charge on any atom is 0.261 e.